The van der Waals surface area contributed by atoms with Crippen molar-refractivity contribution in [3.63, 3.8) is 0 Å². The standard InChI is InChI=1S/C20H12N2O5/c23-18(15-7-3-5-12-4-1-2-6-14(12)15)11-17-20(24)27-19-9-8-13(22(25)26)10-16(19)21-17/h1-11,23H/b18-11-. The molecule has 0 spiro atoms. The number of rotatable bonds is 3. The molecule has 1 aromatic heterocycles. The summed E-state index contributed by atoms with van der Waals surface area (Å²) < 4.78 is 5.16. The molecule has 27 heavy (non-hydrogen) atoms. The van der Waals surface area contributed by atoms with Crippen LogP contribution in [0.1, 0.15) is 11.3 Å². The number of nitro benzene ring substituents is 1. The Morgan fingerprint density at radius 1 is 1.11 bits per heavy atom. The van der Waals surface area contributed by atoms with Gasteiger partial charge < -0.3 is 9.52 Å². The van der Waals surface area contributed by atoms with Gasteiger partial charge in [-0.05, 0) is 16.8 Å². The summed E-state index contributed by atoms with van der Waals surface area (Å²) in [5.74, 6) is -0.156. The van der Waals surface area contributed by atoms with Crippen LogP contribution in [0, 0.1) is 10.1 Å². The van der Waals surface area contributed by atoms with E-state index in [1.807, 2.05) is 30.3 Å². The van der Waals surface area contributed by atoms with Crippen LogP contribution < -0.4 is 5.63 Å². The number of non-ortho nitro benzene ring substituents is 1. The van der Waals surface area contributed by atoms with Gasteiger partial charge >= 0.3 is 5.63 Å². The first-order valence-electron chi connectivity index (χ1n) is 8.01. The van der Waals surface area contributed by atoms with Crippen LogP contribution in [-0.4, -0.2) is 15.0 Å². The van der Waals surface area contributed by atoms with E-state index in [0.717, 1.165) is 10.8 Å². The molecule has 4 aromatic rings. The van der Waals surface area contributed by atoms with Crippen LogP contribution in [0.4, 0.5) is 5.69 Å². The van der Waals surface area contributed by atoms with Crippen LogP contribution in [0.5, 0.6) is 0 Å². The Bertz CT molecular complexity index is 1290. The van der Waals surface area contributed by atoms with E-state index < -0.39 is 10.5 Å². The Balaban J connectivity index is 1.87. The monoisotopic (exact) mass is 360 g/mol. The smallest absolute Gasteiger partial charge is 0.362 e. The third kappa shape index (κ3) is 3.02. The molecule has 4 rings (SSSR count). The predicted octanol–water partition coefficient (Wildman–Crippen LogP) is 4.31. The third-order valence-corrected chi connectivity index (χ3v) is 4.15. The van der Waals surface area contributed by atoms with Gasteiger partial charge in [-0.15, -0.1) is 0 Å². The van der Waals surface area contributed by atoms with Crippen molar-refractivity contribution in [1.29, 1.82) is 0 Å². The molecule has 0 aliphatic carbocycles. The van der Waals surface area contributed by atoms with Crippen molar-refractivity contribution in [2.75, 3.05) is 0 Å². The molecule has 0 atom stereocenters. The highest BCUT2D eigenvalue weighted by Gasteiger charge is 2.12. The fraction of sp³-hybridized carbons (Fsp3) is 0. The van der Waals surface area contributed by atoms with Crippen LogP contribution in [0.3, 0.4) is 0 Å². The maximum atomic E-state index is 12.2. The summed E-state index contributed by atoms with van der Waals surface area (Å²) in [6, 6.07) is 16.7. The third-order valence-electron chi connectivity index (χ3n) is 4.15. The highest BCUT2D eigenvalue weighted by molar-refractivity contribution is 5.95. The minimum atomic E-state index is -0.747. The normalized spacial score (nSPS) is 11.8. The Labute approximate surface area is 152 Å². The first kappa shape index (κ1) is 16.5. The molecule has 0 bridgehead atoms. The molecule has 0 fully saturated rings. The van der Waals surface area contributed by atoms with Crippen molar-refractivity contribution in [3.8, 4) is 0 Å². The second-order valence-electron chi connectivity index (χ2n) is 5.85. The van der Waals surface area contributed by atoms with E-state index in [1.165, 1.54) is 24.3 Å². The van der Waals surface area contributed by atoms with E-state index in [0.29, 0.717) is 5.56 Å². The van der Waals surface area contributed by atoms with Crippen LogP contribution in [-0.2, 0) is 0 Å². The molecule has 0 unspecified atom stereocenters. The number of benzene rings is 3. The van der Waals surface area contributed by atoms with Gasteiger partial charge in [0.2, 0.25) is 0 Å². The first-order valence-corrected chi connectivity index (χ1v) is 8.01. The van der Waals surface area contributed by atoms with Crippen molar-refractivity contribution in [3.05, 3.63) is 92.5 Å². The fourth-order valence-corrected chi connectivity index (χ4v) is 2.87. The predicted molar refractivity (Wildman–Crippen MR) is 101 cm³/mol. The molecule has 0 saturated heterocycles. The summed E-state index contributed by atoms with van der Waals surface area (Å²) in [6.07, 6.45) is 1.20. The molecule has 132 valence electrons. The van der Waals surface area contributed by atoms with E-state index in [9.17, 15) is 20.0 Å². The molecule has 3 aromatic carbocycles. The lowest BCUT2D eigenvalue weighted by Crippen LogP contribution is -2.07. The van der Waals surface area contributed by atoms with Gasteiger partial charge in [-0.1, -0.05) is 42.5 Å². The fourth-order valence-electron chi connectivity index (χ4n) is 2.87. The summed E-state index contributed by atoms with van der Waals surface area (Å²) in [5, 5.41) is 23.2. The molecular weight excluding hydrogens is 348 g/mol. The number of nitro groups is 1. The molecule has 1 N–H and O–H groups in total. The van der Waals surface area contributed by atoms with Gasteiger partial charge in [0.15, 0.2) is 11.3 Å². The maximum Gasteiger partial charge on any atom is 0.362 e. The largest absolute Gasteiger partial charge is 0.507 e. The Morgan fingerprint density at radius 2 is 1.89 bits per heavy atom. The van der Waals surface area contributed by atoms with Crippen molar-refractivity contribution in [2.24, 2.45) is 0 Å². The quantitative estimate of drug-likeness (QED) is 0.331. The van der Waals surface area contributed by atoms with E-state index in [2.05, 4.69) is 4.98 Å². The van der Waals surface area contributed by atoms with Gasteiger partial charge in [0.05, 0.1) is 4.92 Å². The molecule has 7 heteroatoms. The van der Waals surface area contributed by atoms with Gasteiger partial charge in [0.1, 0.15) is 11.3 Å². The summed E-state index contributed by atoms with van der Waals surface area (Å²) in [5.41, 5.74) is -0.241. The van der Waals surface area contributed by atoms with Crippen molar-refractivity contribution in [1.82, 2.24) is 4.98 Å². The number of hydrogen-bond donors (Lipinski definition) is 1. The zero-order valence-corrected chi connectivity index (χ0v) is 13.8. The number of aliphatic hydroxyl groups is 1. The minimum Gasteiger partial charge on any atom is -0.507 e. The van der Waals surface area contributed by atoms with E-state index in [4.69, 9.17) is 4.42 Å². The van der Waals surface area contributed by atoms with Crippen molar-refractivity contribution < 1.29 is 14.4 Å². The lowest BCUT2D eigenvalue weighted by molar-refractivity contribution is -0.384. The molecule has 7 nitrogen and oxygen atoms in total. The first-order chi connectivity index (χ1) is 13.0. The Kier molecular flexibility index (Phi) is 3.89. The summed E-state index contributed by atoms with van der Waals surface area (Å²) in [4.78, 5) is 26.6. The molecule has 1 heterocycles. The molecule has 0 radical (unpaired) electrons. The summed E-state index contributed by atoms with van der Waals surface area (Å²) in [6.45, 7) is 0. The van der Waals surface area contributed by atoms with Gasteiger partial charge in [0, 0.05) is 23.8 Å². The molecular formula is C20H12N2O5. The summed E-state index contributed by atoms with van der Waals surface area (Å²) in [7, 11) is 0. The summed E-state index contributed by atoms with van der Waals surface area (Å²) >= 11 is 0. The molecule has 0 aliphatic rings. The van der Waals surface area contributed by atoms with Gasteiger partial charge in [-0.2, -0.15) is 0 Å². The number of aromatic nitrogens is 1. The molecule has 0 amide bonds. The van der Waals surface area contributed by atoms with Crippen LogP contribution >= 0.6 is 0 Å². The zero-order chi connectivity index (χ0) is 19.0. The van der Waals surface area contributed by atoms with Crippen molar-refractivity contribution >= 4 is 39.4 Å². The van der Waals surface area contributed by atoms with Gasteiger partial charge in [-0.25, -0.2) is 9.78 Å². The van der Waals surface area contributed by atoms with Gasteiger partial charge in [-0.3, -0.25) is 10.1 Å². The van der Waals surface area contributed by atoms with Crippen LogP contribution in [0.25, 0.3) is 33.7 Å². The van der Waals surface area contributed by atoms with Crippen molar-refractivity contribution in [2.45, 2.75) is 0 Å². The second kappa shape index (κ2) is 6.38. The Morgan fingerprint density at radius 3 is 2.70 bits per heavy atom. The average Bonchev–Trinajstić information content (AvgIpc) is 2.67. The maximum absolute atomic E-state index is 12.2. The van der Waals surface area contributed by atoms with E-state index >= 15 is 0 Å². The number of fused-ring (bicyclic) bond motifs is 2. The lowest BCUT2D eigenvalue weighted by Gasteiger charge is -2.05. The van der Waals surface area contributed by atoms with Gasteiger partial charge in [0.25, 0.3) is 5.69 Å². The topological polar surface area (TPSA) is 106 Å². The second-order valence-corrected chi connectivity index (χ2v) is 5.85. The lowest BCUT2D eigenvalue weighted by atomic mass is 10.0. The van der Waals surface area contributed by atoms with Crippen LogP contribution in [0.2, 0.25) is 0 Å². The molecule has 0 aliphatic heterocycles. The number of aliphatic hydroxyl groups excluding tert-OH is 1. The molecule has 0 saturated carbocycles. The number of nitrogens with zero attached hydrogens (tertiary/aromatic N) is 2. The zero-order valence-electron chi connectivity index (χ0n) is 13.8. The minimum absolute atomic E-state index is 0.132. The van der Waals surface area contributed by atoms with E-state index in [1.54, 1.807) is 12.1 Å². The highest BCUT2D eigenvalue weighted by atomic mass is 16.6. The Hall–Kier alpha value is -4.00. The average molecular weight is 360 g/mol. The SMILES string of the molecule is O=c1oc2ccc([N+](=O)[O-])cc2nc1/C=C(\O)c1cccc2ccccc12. The highest BCUT2D eigenvalue weighted by Crippen LogP contribution is 2.25. The van der Waals surface area contributed by atoms with Crippen LogP contribution in [0.15, 0.2) is 69.9 Å². The van der Waals surface area contributed by atoms with E-state index in [-0.39, 0.29) is 28.2 Å². The number of hydrogen-bond acceptors (Lipinski definition) is 6.